The molecule has 50 heavy (non-hydrogen) atoms. The van der Waals surface area contributed by atoms with Gasteiger partial charge in [-0.3, -0.25) is 9.59 Å². The molecule has 0 bridgehead atoms. The van der Waals surface area contributed by atoms with Crippen LogP contribution in [0.15, 0.2) is 0 Å². The van der Waals surface area contributed by atoms with Gasteiger partial charge >= 0.3 is 5.97 Å². The highest BCUT2D eigenvalue weighted by molar-refractivity contribution is 5.76. The Kier molecular flexibility index (Phi) is 39.7. The summed E-state index contributed by atoms with van der Waals surface area (Å²) < 4.78 is 5.44. The second-order valence-electron chi connectivity index (χ2n) is 15.4. The Morgan fingerprint density at radius 3 is 1.22 bits per heavy atom. The van der Waals surface area contributed by atoms with Crippen LogP contribution in [-0.2, 0) is 14.3 Å². The summed E-state index contributed by atoms with van der Waals surface area (Å²) in [5.74, 6) is -0.0766. The summed E-state index contributed by atoms with van der Waals surface area (Å²) >= 11 is 0. The van der Waals surface area contributed by atoms with Gasteiger partial charge in [0.25, 0.3) is 0 Å². The van der Waals surface area contributed by atoms with Gasteiger partial charge in [-0.05, 0) is 25.7 Å². The second-order valence-corrected chi connectivity index (χ2v) is 15.4. The predicted molar refractivity (Wildman–Crippen MR) is 214 cm³/mol. The third-order valence-electron chi connectivity index (χ3n) is 10.4. The van der Waals surface area contributed by atoms with Crippen molar-refractivity contribution in [3.63, 3.8) is 0 Å². The zero-order valence-corrected chi connectivity index (χ0v) is 33.6. The molecule has 6 nitrogen and oxygen atoms in total. The summed E-state index contributed by atoms with van der Waals surface area (Å²) in [4.78, 5) is 24.3. The minimum Gasteiger partial charge on any atom is -0.466 e. The predicted octanol–water partition coefficient (Wildman–Crippen LogP) is 12.5. The molecule has 0 radical (unpaired) electrons. The molecule has 0 saturated carbocycles. The van der Waals surface area contributed by atoms with Crippen molar-refractivity contribution < 1.29 is 24.5 Å². The van der Waals surface area contributed by atoms with E-state index in [2.05, 4.69) is 19.2 Å². The summed E-state index contributed by atoms with van der Waals surface area (Å²) in [6.45, 7) is 4.88. The van der Waals surface area contributed by atoms with E-state index in [0.29, 0.717) is 25.9 Å². The Morgan fingerprint density at radius 2 is 0.820 bits per heavy atom. The molecule has 6 heteroatoms. The van der Waals surface area contributed by atoms with Gasteiger partial charge in [-0.1, -0.05) is 206 Å². The van der Waals surface area contributed by atoms with Crippen molar-refractivity contribution >= 4 is 11.9 Å². The van der Waals surface area contributed by atoms with Crippen LogP contribution in [-0.4, -0.2) is 47.4 Å². The van der Waals surface area contributed by atoms with Gasteiger partial charge < -0.3 is 20.3 Å². The van der Waals surface area contributed by atoms with E-state index < -0.39 is 12.1 Å². The van der Waals surface area contributed by atoms with Crippen LogP contribution in [0.2, 0.25) is 0 Å². The summed E-state index contributed by atoms with van der Waals surface area (Å²) in [7, 11) is 0. The fraction of sp³-hybridized carbons (Fsp3) is 0.955. The van der Waals surface area contributed by atoms with Gasteiger partial charge in [0.2, 0.25) is 5.91 Å². The van der Waals surface area contributed by atoms with Gasteiger partial charge in [0.05, 0.1) is 25.4 Å². The number of carbonyl (C=O) groups is 2. The number of unbranched alkanes of at least 4 members (excludes halogenated alkanes) is 30. The van der Waals surface area contributed by atoms with Gasteiger partial charge in [0.15, 0.2) is 0 Å². The van der Waals surface area contributed by atoms with E-state index in [1.165, 1.54) is 154 Å². The lowest BCUT2D eigenvalue weighted by Crippen LogP contribution is -2.45. The molecule has 0 aliphatic carbocycles. The van der Waals surface area contributed by atoms with Gasteiger partial charge in [0.1, 0.15) is 0 Å². The normalized spacial score (nSPS) is 12.6. The van der Waals surface area contributed by atoms with Crippen molar-refractivity contribution in [2.45, 2.75) is 257 Å². The SMILES string of the molecule is CCCCCCCCCCCCCCCCC(=O)OCCCCCCCCCCCCC(=O)NC(CO)C(O)CCCCCCCCCCC. The van der Waals surface area contributed by atoms with E-state index in [4.69, 9.17) is 4.74 Å². The molecule has 0 aromatic heterocycles. The molecular weight excluding hydrogens is 622 g/mol. The van der Waals surface area contributed by atoms with Crippen LogP contribution in [0.25, 0.3) is 0 Å². The summed E-state index contributed by atoms with van der Waals surface area (Å²) in [5.41, 5.74) is 0. The number of hydrogen-bond donors (Lipinski definition) is 3. The molecule has 0 aromatic carbocycles. The molecule has 0 rings (SSSR count). The van der Waals surface area contributed by atoms with Crippen molar-refractivity contribution in [2.75, 3.05) is 13.2 Å². The molecular formula is C44H87NO5. The smallest absolute Gasteiger partial charge is 0.305 e. The van der Waals surface area contributed by atoms with Crippen molar-refractivity contribution in [1.82, 2.24) is 5.32 Å². The first-order valence-corrected chi connectivity index (χ1v) is 22.3. The summed E-state index contributed by atoms with van der Waals surface area (Å²) in [6, 6.07) is -0.553. The van der Waals surface area contributed by atoms with Crippen LogP contribution in [0.4, 0.5) is 0 Å². The first-order chi connectivity index (χ1) is 24.5. The van der Waals surface area contributed by atoms with Gasteiger partial charge in [0, 0.05) is 12.8 Å². The van der Waals surface area contributed by atoms with Crippen molar-refractivity contribution in [3.8, 4) is 0 Å². The number of esters is 1. The van der Waals surface area contributed by atoms with E-state index >= 15 is 0 Å². The Balaban J connectivity index is 3.44. The van der Waals surface area contributed by atoms with E-state index in [-0.39, 0.29) is 18.5 Å². The molecule has 0 fully saturated rings. The molecule has 0 aliphatic rings. The molecule has 2 unspecified atom stereocenters. The molecule has 0 saturated heterocycles. The Hall–Kier alpha value is -1.14. The van der Waals surface area contributed by atoms with Crippen LogP contribution >= 0.6 is 0 Å². The Labute approximate surface area is 311 Å². The van der Waals surface area contributed by atoms with Crippen molar-refractivity contribution in [3.05, 3.63) is 0 Å². The number of rotatable bonds is 41. The highest BCUT2D eigenvalue weighted by Gasteiger charge is 2.20. The average molecular weight is 710 g/mol. The van der Waals surface area contributed by atoms with Crippen LogP contribution < -0.4 is 5.32 Å². The van der Waals surface area contributed by atoms with E-state index in [1.54, 1.807) is 0 Å². The molecule has 0 spiro atoms. The summed E-state index contributed by atoms with van der Waals surface area (Å²) in [5, 5.41) is 23.0. The largest absolute Gasteiger partial charge is 0.466 e. The van der Waals surface area contributed by atoms with Crippen LogP contribution in [0.5, 0.6) is 0 Å². The highest BCUT2D eigenvalue weighted by atomic mass is 16.5. The minimum atomic E-state index is -0.674. The Morgan fingerprint density at radius 1 is 0.480 bits per heavy atom. The zero-order valence-electron chi connectivity index (χ0n) is 33.6. The monoisotopic (exact) mass is 710 g/mol. The number of carbonyl (C=O) groups excluding carboxylic acids is 2. The highest BCUT2D eigenvalue weighted by Crippen LogP contribution is 2.16. The third kappa shape index (κ3) is 36.6. The fourth-order valence-corrected chi connectivity index (χ4v) is 6.93. The zero-order chi connectivity index (χ0) is 36.6. The number of ether oxygens (including phenoxy) is 1. The lowest BCUT2D eigenvalue weighted by molar-refractivity contribution is -0.143. The molecule has 0 aromatic rings. The van der Waals surface area contributed by atoms with Crippen LogP contribution in [0, 0.1) is 0 Å². The minimum absolute atomic E-state index is 0.0171. The lowest BCUT2D eigenvalue weighted by atomic mass is 10.0. The van der Waals surface area contributed by atoms with Crippen LogP contribution in [0.3, 0.4) is 0 Å². The van der Waals surface area contributed by atoms with E-state index in [9.17, 15) is 19.8 Å². The fourth-order valence-electron chi connectivity index (χ4n) is 6.93. The number of hydrogen-bond acceptors (Lipinski definition) is 5. The summed E-state index contributed by atoms with van der Waals surface area (Å²) in [6.07, 6.45) is 42.0. The van der Waals surface area contributed by atoms with Crippen LogP contribution in [0.1, 0.15) is 245 Å². The first kappa shape index (κ1) is 48.9. The molecule has 1 amide bonds. The van der Waals surface area contributed by atoms with Crippen molar-refractivity contribution in [2.24, 2.45) is 0 Å². The number of nitrogens with one attached hydrogen (secondary N) is 1. The Bertz CT molecular complexity index is 702. The van der Waals surface area contributed by atoms with Gasteiger partial charge in [-0.15, -0.1) is 0 Å². The number of aliphatic hydroxyl groups is 2. The molecule has 3 N–H and O–H groups in total. The third-order valence-corrected chi connectivity index (χ3v) is 10.4. The number of amides is 1. The lowest BCUT2D eigenvalue weighted by Gasteiger charge is -2.22. The molecule has 0 heterocycles. The van der Waals surface area contributed by atoms with Gasteiger partial charge in [-0.2, -0.15) is 0 Å². The van der Waals surface area contributed by atoms with Crippen molar-refractivity contribution in [1.29, 1.82) is 0 Å². The van der Waals surface area contributed by atoms with E-state index in [0.717, 1.165) is 57.8 Å². The quantitative estimate of drug-likeness (QED) is 0.0434. The first-order valence-electron chi connectivity index (χ1n) is 22.3. The maximum Gasteiger partial charge on any atom is 0.305 e. The molecule has 0 aliphatic heterocycles. The maximum absolute atomic E-state index is 12.3. The average Bonchev–Trinajstić information content (AvgIpc) is 3.11. The molecule has 2 atom stereocenters. The number of aliphatic hydroxyl groups excluding tert-OH is 2. The molecule has 298 valence electrons. The maximum atomic E-state index is 12.3. The standard InChI is InChI=1S/C44H87NO5/c1-3-5-7-9-11-13-14-15-16-17-22-26-30-34-38-44(49)50-39-35-31-27-23-19-18-21-25-29-33-37-43(48)45-41(40-46)42(47)36-32-28-24-20-12-10-8-6-4-2/h41-42,46-47H,3-40H2,1-2H3,(H,45,48). The van der Waals surface area contributed by atoms with Gasteiger partial charge in [-0.25, -0.2) is 0 Å². The van der Waals surface area contributed by atoms with E-state index in [1.807, 2.05) is 0 Å². The second kappa shape index (κ2) is 40.6. The topological polar surface area (TPSA) is 95.9 Å².